The van der Waals surface area contributed by atoms with E-state index in [1.54, 1.807) is 0 Å². The number of benzene rings is 13. The van der Waals surface area contributed by atoms with Crippen LogP contribution in [-0.2, 0) is 5.41 Å². The van der Waals surface area contributed by atoms with Crippen molar-refractivity contribution in [2.45, 2.75) is 5.41 Å². The van der Waals surface area contributed by atoms with Gasteiger partial charge in [-0.05, 0) is 166 Å². The number of aromatic nitrogens is 1. The summed E-state index contributed by atoms with van der Waals surface area (Å²) in [5.41, 5.74) is 21.7. The highest BCUT2D eigenvalue weighted by Gasteiger charge is 2.51. The molecule has 348 valence electrons. The number of fused-ring (bicyclic) bond motifs is 19. The highest BCUT2D eigenvalue weighted by atomic mass is 15.1. The molecule has 16 rings (SSSR count). The largest absolute Gasteiger partial charge is 0.310 e. The third-order valence-corrected chi connectivity index (χ3v) is 16.6. The average molecular weight is 951 g/mol. The Kier molecular flexibility index (Phi) is 8.99. The van der Waals surface area contributed by atoms with E-state index in [1.165, 1.54) is 121 Å². The van der Waals surface area contributed by atoms with Gasteiger partial charge in [0, 0.05) is 33.5 Å². The smallest absolute Gasteiger partial charge is 0.0726 e. The molecule has 0 aliphatic heterocycles. The molecule has 2 aliphatic rings. The summed E-state index contributed by atoms with van der Waals surface area (Å²) in [6.07, 6.45) is 0. The van der Waals surface area contributed by atoms with Crippen molar-refractivity contribution in [3.05, 3.63) is 301 Å². The van der Waals surface area contributed by atoms with Crippen LogP contribution in [0.3, 0.4) is 0 Å². The minimum Gasteiger partial charge on any atom is -0.310 e. The summed E-state index contributed by atoms with van der Waals surface area (Å²) in [7, 11) is 0. The van der Waals surface area contributed by atoms with Crippen LogP contribution in [0, 0.1) is 0 Å². The second-order valence-electron chi connectivity index (χ2n) is 20.3. The molecule has 0 saturated carbocycles. The summed E-state index contributed by atoms with van der Waals surface area (Å²) in [4.78, 5) is 2.48. The zero-order chi connectivity index (χ0) is 49.2. The van der Waals surface area contributed by atoms with Gasteiger partial charge in [0.15, 0.2) is 0 Å². The summed E-state index contributed by atoms with van der Waals surface area (Å²) in [5, 5.41) is 10.1. The fourth-order valence-corrected chi connectivity index (χ4v) is 13.4. The Balaban J connectivity index is 0.863. The number of para-hydroxylation sites is 2. The zero-order valence-electron chi connectivity index (χ0n) is 41.0. The normalized spacial score (nSPS) is 12.9. The monoisotopic (exact) mass is 950 g/mol. The van der Waals surface area contributed by atoms with Crippen LogP contribution in [0.4, 0.5) is 17.1 Å². The molecule has 0 amide bonds. The Morgan fingerprint density at radius 2 is 0.680 bits per heavy atom. The van der Waals surface area contributed by atoms with Crippen LogP contribution in [-0.4, -0.2) is 4.57 Å². The minimum atomic E-state index is -0.461. The Morgan fingerprint density at radius 3 is 1.33 bits per heavy atom. The molecule has 2 aliphatic carbocycles. The topological polar surface area (TPSA) is 8.17 Å². The first-order valence-corrected chi connectivity index (χ1v) is 26.1. The van der Waals surface area contributed by atoms with Crippen LogP contribution in [0.1, 0.15) is 22.3 Å². The van der Waals surface area contributed by atoms with Crippen molar-refractivity contribution in [3.8, 4) is 50.2 Å². The van der Waals surface area contributed by atoms with Crippen LogP contribution in [0.2, 0.25) is 0 Å². The van der Waals surface area contributed by atoms with Gasteiger partial charge in [-0.25, -0.2) is 0 Å². The van der Waals surface area contributed by atoms with Crippen LogP contribution in [0.5, 0.6) is 0 Å². The van der Waals surface area contributed by atoms with Crippen molar-refractivity contribution in [2.24, 2.45) is 0 Å². The summed E-state index contributed by atoms with van der Waals surface area (Å²) >= 11 is 0. The predicted molar refractivity (Wildman–Crippen MR) is 315 cm³/mol. The lowest BCUT2D eigenvalue weighted by Gasteiger charge is -2.32. The summed E-state index contributed by atoms with van der Waals surface area (Å²) in [6.45, 7) is 0. The molecule has 0 radical (unpaired) electrons. The SMILES string of the molecule is c1ccc(-n2c3ccccc3c3ccc(-c4cccc(-c5ccc(N(c6ccc7c(c6)C6(c8ccccc8-c8ccccc86)c6ccccc6-7)c6ccc7c8ccccc8c8ccccc8c7c6)cc5)c4)cc32)cc1. The van der Waals surface area contributed by atoms with Gasteiger partial charge < -0.3 is 9.47 Å². The van der Waals surface area contributed by atoms with E-state index in [0.717, 1.165) is 22.7 Å². The van der Waals surface area contributed by atoms with Gasteiger partial charge in [0.1, 0.15) is 0 Å². The van der Waals surface area contributed by atoms with Crippen LogP contribution >= 0.6 is 0 Å². The van der Waals surface area contributed by atoms with Gasteiger partial charge in [-0.15, -0.1) is 0 Å². The van der Waals surface area contributed by atoms with E-state index in [2.05, 4.69) is 289 Å². The summed E-state index contributed by atoms with van der Waals surface area (Å²) in [6, 6.07) is 104. The van der Waals surface area contributed by atoms with E-state index in [-0.39, 0.29) is 0 Å². The molecule has 13 aromatic carbocycles. The lowest BCUT2D eigenvalue weighted by atomic mass is 9.70. The third-order valence-electron chi connectivity index (χ3n) is 16.6. The molecule has 2 heteroatoms. The molecule has 1 spiro atoms. The number of hydrogen-bond donors (Lipinski definition) is 0. The van der Waals surface area contributed by atoms with E-state index in [9.17, 15) is 0 Å². The Labute approximate surface area is 435 Å². The Bertz CT molecular complexity index is 4560. The van der Waals surface area contributed by atoms with Gasteiger partial charge in [0.25, 0.3) is 0 Å². The van der Waals surface area contributed by atoms with E-state index in [4.69, 9.17) is 0 Å². The minimum absolute atomic E-state index is 0.461. The van der Waals surface area contributed by atoms with E-state index in [0.29, 0.717) is 0 Å². The van der Waals surface area contributed by atoms with Crippen molar-refractivity contribution in [2.75, 3.05) is 4.90 Å². The third kappa shape index (κ3) is 6.02. The van der Waals surface area contributed by atoms with E-state index in [1.807, 2.05) is 0 Å². The molecule has 0 fully saturated rings. The summed E-state index contributed by atoms with van der Waals surface area (Å²) < 4.78 is 2.40. The second kappa shape index (κ2) is 16.1. The Hall–Kier alpha value is -9.76. The Morgan fingerprint density at radius 1 is 0.240 bits per heavy atom. The molecule has 1 aromatic heterocycles. The average Bonchev–Trinajstić information content (AvgIpc) is 4.09. The molecule has 14 aromatic rings. The molecule has 0 unspecified atom stereocenters. The quantitative estimate of drug-likeness (QED) is 0.151. The lowest BCUT2D eigenvalue weighted by molar-refractivity contribution is 0.793. The number of anilines is 3. The molecule has 2 nitrogen and oxygen atoms in total. The van der Waals surface area contributed by atoms with E-state index < -0.39 is 5.41 Å². The van der Waals surface area contributed by atoms with Crippen LogP contribution < -0.4 is 4.90 Å². The highest BCUT2D eigenvalue weighted by Crippen LogP contribution is 2.63. The van der Waals surface area contributed by atoms with Gasteiger partial charge in [0.2, 0.25) is 0 Å². The fraction of sp³-hybridized carbons (Fsp3) is 0.0137. The summed E-state index contributed by atoms with van der Waals surface area (Å²) in [5.74, 6) is 0. The molecular formula is C73H46N2. The van der Waals surface area contributed by atoms with Gasteiger partial charge in [-0.3, -0.25) is 0 Å². The molecule has 0 N–H and O–H groups in total. The number of nitrogens with zero attached hydrogens (tertiary/aromatic N) is 2. The number of rotatable bonds is 6. The van der Waals surface area contributed by atoms with Crippen molar-refractivity contribution in [1.82, 2.24) is 4.57 Å². The van der Waals surface area contributed by atoms with Crippen molar-refractivity contribution in [1.29, 1.82) is 0 Å². The lowest BCUT2D eigenvalue weighted by Crippen LogP contribution is -2.26. The van der Waals surface area contributed by atoms with Crippen molar-refractivity contribution >= 4 is 71.2 Å². The zero-order valence-corrected chi connectivity index (χ0v) is 41.0. The maximum atomic E-state index is 2.50. The number of hydrogen-bond acceptors (Lipinski definition) is 1. The van der Waals surface area contributed by atoms with Crippen LogP contribution in [0.15, 0.2) is 279 Å². The van der Waals surface area contributed by atoms with Crippen molar-refractivity contribution < 1.29 is 0 Å². The van der Waals surface area contributed by atoms with E-state index >= 15 is 0 Å². The standard InChI is InChI=1S/C73H46N2/c1-2-19-51(20-3-1)75-71-32-15-11-28-64(71)65-40-35-50(44-72(65)75)49-18-16-17-48(43-49)47-33-36-52(37-34-47)74(53-38-41-59-57-23-5-4-21-55(57)56-22-6-7-24-58(56)66(59)45-53)54-39-42-63-62-27-10-14-31-69(62)73(70(63)46-54)67-29-12-8-25-60(67)61-26-9-13-30-68(61)73/h1-46H. The molecule has 0 bridgehead atoms. The second-order valence-corrected chi connectivity index (χ2v) is 20.3. The van der Waals surface area contributed by atoms with Crippen molar-refractivity contribution in [3.63, 3.8) is 0 Å². The molecule has 0 saturated heterocycles. The molecular weight excluding hydrogens is 905 g/mol. The predicted octanol–water partition coefficient (Wildman–Crippen LogP) is 19.4. The molecule has 1 heterocycles. The first kappa shape index (κ1) is 41.8. The molecule has 0 atom stereocenters. The molecule has 75 heavy (non-hydrogen) atoms. The van der Waals surface area contributed by atoms with Gasteiger partial charge in [0.05, 0.1) is 16.4 Å². The van der Waals surface area contributed by atoms with Gasteiger partial charge in [-0.2, -0.15) is 0 Å². The highest BCUT2D eigenvalue weighted by molar-refractivity contribution is 6.26. The fourth-order valence-electron chi connectivity index (χ4n) is 13.4. The maximum Gasteiger partial charge on any atom is 0.0726 e. The maximum absolute atomic E-state index is 2.50. The van der Waals surface area contributed by atoms with Gasteiger partial charge >= 0.3 is 0 Å². The van der Waals surface area contributed by atoms with Gasteiger partial charge in [-0.1, -0.05) is 212 Å². The first-order valence-electron chi connectivity index (χ1n) is 26.1. The first-order chi connectivity index (χ1) is 37.2. The van der Waals surface area contributed by atoms with Crippen LogP contribution in [0.25, 0.3) is 104 Å².